The maximum absolute atomic E-state index is 13.3. The summed E-state index contributed by atoms with van der Waals surface area (Å²) in [4.78, 5) is 89.0. The van der Waals surface area contributed by atoms with Gasteiger partial charge >= 0.3 is 11.9 Å². The molecule has 1 aliphatic rings. The third kappa shape index (κ3) is 15.9. The van der Waals surface area contributed by atoms with Crippen LogP contribution in [0.3, 0.4) is 0 Å². The Kier molecular flexibility index (Phi) is 19.3. The van der Waals surface area contributed by atoms with Crippen molar-refractivity contribution >= 4 is 41.5 Å². The van der Waals surface area contributed by atoms with Gasteiger partial charge in [0.05, 0.1) is 0 Å². The number of nitrogens with zero attached hydrogens (tertiary/aromatic N) is 1. The fraction of sp³-hybridized carbons (Fsp3) is 0.649. The van der Waals surface area contributed by atoms with Crippen molar-refractivity contribution < 1.29 is 43.8 Å². The van der Waals surface area contributed by atoms with Gasteiger partial charge in [0.2, 0.25) is 29.5 Å². The number of rotatable bonds is 24. The molecule has 14 nitrogen and oxygen atoms in total. The Balaban J connectivity index is 1.77. The number of carbonyl (C=O) groups excluding carboxylic acids is 5. The quantitative estimate of drug-likeness (QED) is 0.0868. The van der Waals surface area contributed by atoms with Crippen LogP contribution in [-0.2, 0) is 40.0 Å². The molecule has 5 amide bonds. The van der Waals surface area contributed by atoms with Crippen molar-refractivity contribution in [3.8, 4) is 0 Å². The highest BCUT2D eigenvalue weighted by Gasteiger charge is 2.38. The van der Waals surface area contributed by atoms with E-state index < -0.39 is 65.8 Å². The van der Waals surface area contributed by atoms with Gasteiger partial charge in [-0.2, -0.15) is 0 Å². The van der Waals surface area contributed by atoms with Crippen molar-refractivity contribution in [2.45, 2.75) is 147 Å². The minimum absolute atomic E-state index is 0.0731. The molecule has 1 saturated heterocycles. The maximum Gasteiger partial charge on any atom is 0.326 e. The topological polar surface area (TPSA) is 211 Å². The highest BCUT2D eigenvalue weighted by molar-refractivity contribution is 5.95. The van der Waals surface area contributed by atoms with Crippen molar-refractivity contribution in [2.75, 3.05) is 6.54 Å². The minimum Gasteiger partial charge on any atom is -0.480 e. The van der Waals surface area contributed by atoms with E-state index in [1.54, 1.807) is 30.3 Å². The molecule has 0 saturated carbocycles. The Morgan fingerprint density at radius 3 is 1.92 bits per heavy atom. The van der Waals surface area contributed by atoms with Crippen molar-refractivity contribution in [1.82, 2.24) is 26.2 Å². The fourth-order valence-electron chi connectivity index (χ4n) is 6.04. The lowest BCUT2D eigenvalue weighted by Gasteiger charge is -2.28. The molecule has 14 heteroatoms. The number of amides is 5. The Hall–Kier alpha value is -4.49. The van der Waals surface area contributed by atoms with Crippen LogP contribution in [0.15, 0.2) is 30.3 Å². The van der Waals surface area contributed by atoms with Gasteiger partial charge in [-0.3, -0.25) is 24.0 Å². The van der Waals surface area contributed by atoms with Gasteiger partial charge in [-0.15, -0.1) is 0 Å². The van der Waals surface area contributed by atoms with Crippen LogP contribution >= 0.6 is 0 Å². The number of benzene rings is 1. The van der Waals surface area contributed by atoms with Crippen molar-refractivity contribution in [3.63, 3.8) is 0 Å². The van der Waals surface area contributed by atoms with Crippen LogP contribution in [-0.4, -0.2) is 93.3 Å². The zero-order chi connectivity index (χ0) is 37.8. The first-order valence-corrected chi connectivity index (χ1v) is 18.3. The first kappa shape index (κ1) is 42.7. The Labute approximate surface area is 300 Å². The normalized spacial score (nSPS) is 16.3. The summed E-state index contributed by atoms with van der Waals surface area (Å²) in [6, 6.07) is 3.39. The zero-order valence-electron chi connectivity index (χ0n) is 30.3. The summed E-state index contributed by atoms with van der Waals surface area (Å²) >= 11 is 0. The SMILES string of the molecule is CCCCCCCCCCCC(=O)N[C@@H](CCC(=O)N[C@@H](C)C(=O)N[C@@H](C)C(=O)N1CCC[C@H]1C(=O)N[C@@H](Cc1ccccc1)C(=O)O)C(=O)O. The molecule has 1 fully saturated rings. The molecule has 1 aromatic carbocycles. The second-order valence-corrected chi connectivity index (χ2v) is 13.4. The summed E-state index contributed by atoms with van der Waals surface area (Å²) in [6.07, 6.45) is 10.5. The van der Waals surface area contributed by atoms with Gasteiger partial charge in [0.1, 0.15) is 30.2 Å². The number of aliphatic carboxylic acids is 2. The van der Waals surface area contributed by atoms with Gasteiger partial charge in [-0.25, -0.2) is 9.59 Å². The molecule has 2 rings (SSSR count). The molecule has 0 spiro atoms. The number of likely N-dealkylation sites (tertiary alicyclic amines) is 1. The minimum atomic E-state index is -1.26. The zero-order valence-corrected chi connectivity index (χ0v) is 30.3. The molecule has 51 heavy (non-hydrogen) atoms. The van der Waals surface area contributed by atoms with E-state index in [4.69, 9.17) is 0 Å². The smallest absolute Gasteiger partial charge is 0.326 e. The lowest BCUT2D eigenvalue weighted by atomic mass is 10.1. The summed E-state index contributed by atoms with van der Waals surface area (Å²) in [5.74, 6) is -5.24. The molecular formula is C37H57N5O9. The Bertz CT molecular complexity index is 1310. The molecule has 0 aromatic heterocycles. The van der Waals surface area contributed by atoms with Crippen LogP contribution in [0, 0.1) is 0 Å². The van der Waals surface area contributed by atoms with E-state index in [-0.39, 0.29) is 38.1 Å². The molecule has 5 atom stereocenters. The van der Waals surface area contributed by atoms with Gasteiger partial charge in [-0.05, 0) is 45.1 Å². The third-order valence-electron chi connectivity index (χ3n) is 9.04. The molecule has 0 aliphatic carbocycles. The lowest BCUT2D eigenvalue weighted by molar-refractivity contribution is -0.144. The number of carboxylic acid groups (broad SMARTS) is 2. The maximum atomic E-state index is 13.3. The number of hydrogen-bond acceptors (Lipinski definition) is 7. The Morgan fingerprint density at radius 1 is 0.725 bits per heavy atom. The average molecular weight is 716 g/mol. The van der Waals surface area contributed by atoms with Gasteiger partial charge in [0.25, 0.3) is 0 Å². The first-order chi connectivity index (χ1) is 24.3. The molecule has 6 N–H and O–H groups in total. The van der Waals surface area contributed by atoms with Crippen LogP contribution in [0.2, 0.25) is 0 Å². The number of carbonyl (C=O) groups is 7. The van der Waals surface area contributed by atoms with Gasteiger partial charge in [0, 0.05) is 25.8 Å². The van der Waals surface area contributed by atoms with E-state index in [0.717, 1.165) is 24.8 Å². The van der Waals surface area contributed by atoms with Crippen LogP contribution in [0.1, 0.15) is 116 Å². The predicted octanol–water partition coefficient (Wildman–Crippen LogP) is 3.07. The van der Waals surface area contributed by atoms with Crippen LogP contribution in [0.4, 0.5) is 0 Å². The summed E-state index contributed by atoms with van der Waals surface area (Å²) in [5.41, 5.74) is 0.732. The van der Waals surface area contributed by atoms with E-state index in [0.29, 0.717) is 19.3 Å². The second kappa shape index (κ2) is 23.1. The average Bonchev–Trinajstić information content (AvgIpc) is 3.59. The molecule has 0 radical (unpaired) electrons. The molecule has 0 unspecified atom stereocenters. The molecular weight excluding hydrogens is 658 g/mol. The van der Waals surface area contributed by atoms with Crippen LogP contribution in [0.25, 0.3) is 0 Å². The van der Waals surface area contributed by atoms with E-state index in [1.165, 1.54) is 50.9 Å². The van der Waals surface area contributed by atoms with Crippen LogP contribution < -0.4 is 21.3 Å². The molecule has 1 heterocycles. The standard InChI is InChI=1S/C37H57N5O9/c1-4-5-6-7-8-9-10-11-15-20-31(43)40-28(36(48)49)21-22-32(44)38-25(2)33(45)39-26(3)35(47)42-23-16-19-30(42)34(46)41-29(37(50)51)24-27-17-13-12-14-18-27/h12-14,17-18,25-26,28-30H,4-11,15-16,19-24H2,1-3H3,(H,38,44)(H,39,45)(H,40,43)(H,41,46)(H,48,49)(H,50,51)/t25-,26-,28-,29-,30-/m0/s1. The number of carboxylic acids is 2. The molecule has 0 bridgehead atoms. The number of hydrogen-bond donors (Lipinski definition) is 6. The van der Waals surface area contributed by atoms with E-state index in [2.05, 4.69) is 28.2 Å². The predicted molar refractivity (Wildman–Crippen MR) is 190 cm³/mol. The molecule has 284 valence electrons. The van der Waals surface area contributed by atoms with E-state index in [1.807, 2.05) is 0 Å². The van der Waals surface area contributed by atoms with Crippen LogP contribution in [0.5, 0.6) is 0 Å². The summed E-state index contributed by atoms with van der Waals surface area (Å²) in [5, 5.41) is 29.3. The Morgan fingerprint density at radius 2 is 1.31 bits per heavy atom. The van der Waals surface area contributed by atoms with Crippen molar-refractivity contribution in [3.05, 3.63) is 35.9 Å². The van der Waals surface area contributed by atoms with E-state index in [9.17, 15) is 43.8 Å². The van der Waals surface area contributed by atoms with Gasteiger partial charge < -0.3 is 36.4 Å². The fourth-order valence-corrected chi connectivity index (χ4v) is 6.04. The second-order valence-electron chi connectivity index (χ2n) is 13.4. The molecule has 1 aromatic rings. The number of nitrogens with one attached hydrogen (secondary N) is 4. The highest BCUT2D eigenvalue weighted by Crippen LogP contribution is 2.19. The first-order valence-electron chi connectivity index (χ1n) is 18.3. The van der Waals surface area contributed by atoms with E-state index >= 15 is 0 Å². The van der Waals surface area contributed by atoms with Gasteiger partial charge in [-0.1, -0.05) is 88.6 Å². The monoisotopic (exact) mass is 715 g/mol. The third-order valence-corrected chi connectivity index (χ3v) is 9.04. The summed E-state index contributed by atoms with van der Waals surface area (Å²) in [6.45, 7) is 5.29. The summed E-state index contributed by atoms with van der Waals surface area (Å²) < 4.78 is 0. The molecule has 1 aliphatic heterocycles. The van der Waals surface area contributed by atoms with Crippen molar-refractivity contribution in [2.24, 2.45) is 0 Å². The van der Waals surface area contributed by atoms with Gasteiger partial charge in [0.15, 0.2) is 0 Å². The lowest BCUT2D eigenvalue weighted by Crippen LogP contribution is -2.56. The number of unbranched alkanes of at least 4 members (excludes halogenated alkanes) is 8. The highest BCUT2D eigenvalue weighted by atomic mass is 16.4. The largest absolute Gasteiger partial charge is 0.480 e. The summed E-state index contributed by atoms with van der Waals surface area (Å²) in [7, 11) is 0. The van der Waals surface area contributed by atoms with Crippen molar-refractivity contribution in [1.29, 1.82) is 0 Å².